The summed E-state index contributed by atoms with van der Waals surface area (Å²) in [5, 5.41) is 10.9. The first-order valence-electron chi connectivity index (χ1n) is 9.36. The van der Waals surface area contributed by atoms with Crippen LogP contribution >= 0.6 is 0 Å². The Morgan fingerprint density at radius 3 is 2.78 bits per heavy atom. The lowest BCUT2D eigenvalue weighted by molar-refractivity contribution is 0.174. The van der Waals surface area contributed by atoms with E-state index < -0.39 is 0 Å². The van der Waals surface area contributed by atoms with Crippen molar-refractivity contribution in [2.24, 2.45) is 0 Å². The lowest BCUT2D eigenvalue weighted by atomic mass is 10.0. The molecule has 138 valence electrons. The fraction of sp³-hybridized carbons (Fsp3) is 0.318. The van der Waals surface area contributed by atoms with Crippen molar-refractivity contribution in [1.82, 2.24) is 9.88 Å². The Labute approximate surface area is 158 Å². The maximum absolute atomic E-state index is 9.89. The van der Waals surface area contributed by atoms with Gasteiger partial charge in [0.2, 0.25) is 6.79 Å². The average Bonchev–Trinajstić information content (AvgIpc) is 3.27. The smallest absolute Gasteiger partial charge is 0.231 e. The highest BCUT2D eigenvalue weighted by Gasteiger charge is 2.23. The zero-order valence-corrected chi connectivity index (χ0v) is 15.3. The van der Waals surface area contributed by atoms with Gasteiger partial charge in [0.25, 0.3) is 0 Å². The summed E-state index contributed by atoms with van der Waals surface area (Å²) in [6.07, 6.45) is 0.606. The lowest BCUT2D eigenvalue weighted by Gasteiger charge is -2.18. The Hall–Kier alpha value is -2.63. The molecule has 3 aromatic rings. The molecule has 0 unspecified atom stereocenters. The standard InChI is InChI=1S/C22H22N2O3/c1-14-3-2-4-15(7-14)22-17(11-24-6-5-18(25)12-24)8-16-9-20-21(27-13-26-20)10-19(16)23-22/h2-4,7-10,18,25H,5-6,11-13H2,1H3/t18-/m1/s1. The summed E-state index contributed by atoms with van der Waals surface area (Å²) in [4.78, 5) is 7.29. The second kappa shape index (κ2) is 6.51. The number of benzene rings is 2. The second-order valence-electron chi connectivity index (χ2n) is 7.44. The average molecular weight is 362 g/mol. The van der Waals surface area contributed by atoms with Crippen LogP contribution in [0.2, 0.25) is 0 Å². The van der Waals surface area contributed by atoms with Crippen LogP contribution in [0.25, 0.3) is 22.2 Å². The molecule has 0 bridgehead atoms. The minimum absolute atomic E-state index is 0.227. The molecular formula is C22H22N2O3. The van der Waals surface area contributed by atoms with Crippen LogP contribution in [0.1, 0.15) is 17.5 Å². The molecule has 2 aliphatic rings. The van der Waals surface area contributed by atoms with E-state index in [0.717, 1.165) is 53.2 Å². The molecule has 2 aromatic carbocycles. The largest absolute Gasteiger partial charge is 0.454 e. The van der Waals surface area contributed by atoms with Crippen LogP contribution in [0, 0.1) is 6.92 Å². The highest BCUT2D eigenvalue weighted by molar-refractivity contribution is 5.86. The van der Waals surface area contributed by atoms with Crippen LogP contribution in [0.4, 0.5) is 0 Å². The van der Waals surface area contributed by atoms with Crippen molar-refractivity contribution < 1.29 is 14.6 Å². The Balaban J connectivity index is 1.64. The van der Waals surface area contributed by atoms with Gasteiger partial charge in [0.15, 0.2) is 11.5 Å². The summed E-state index contributed by atoms with van der Waals surface area (Å²) in [6.45, 7) is 4.76. The molecular weight excluding hydrogens is 340 g/mol. The molecule has 27 heavy (non-hydrogen) atoms. The minimum atomic E-state index is -0.227. The normalized spacial score (nSPS) is 19.1. The summed E-state index contributed by atoms with van der Waals surface area (Å²) < 4.78 is 11.1. The number of aromatic nitrogens is 1. The number of pyridine rings is 1. The predicted molar refractivity (Wildman–Crippen MR) is 104 cm³/mol. The van der Waals surface area contributed by atoms with Crippen LogP contribution in [-0.4, -0.2) is 41.0 Å². The molecule has 5 heteroatoms. The first kappa shape index (κ1) is 16.5. The van der Waals surface area contributed by atoms with Crippen molar-refractivity contribution in [3.8, 4) is 22.8 Å². The summed E-state index contributed by atoms with van der Waals surface area (Å²) >= 11 is 0. The van der Waals surface area contributed by atoms with Gasteiger partial charge in [-0.05, 0) is 37.1 Å². The minimum Gasteiger partial charge on any atom is -0.454 e. The molecule has 0 spiro atoms. The van der Waals surface area contributed by atoms with Crippen LogP contribution in [0.15, 0.2) is 42.5 Å². The van der Waals surface area contributed by atoms with E-state index in [1.54, 1.807) is 0 Å². The molecule has 5 nitrogen and oxygen atoms in total. The number of rotatable bonds is 3. The highest BCUT2D eigenvalue weighted by atomic mass is 16.7. The van der Waals surface area contributed by atoms with Crippen LogP contribution in [0.3, 0.4) is 0 Å². The van der Waals surface area contributed by atoms with E-state index in [0.29, 0.717) is 6.54 Å². The summed E-state index contributed by atoms with van der Waals surface area (Å²) in [6, 6.07) is 14.6. The van der Waals surface area contributed by atoms with E-state index in [1.165, 1.54) is 11.1 Å². The van der Waals surface area contributed by atoms with Crippen LogP contribution < -0.4 is 9.47 Å². The molecule has 1 saturated heterocycles. The third kappa shape index (κ3) is 3.13. The maximum Gasteiger partial charge on any atom is 0.231 e. The van der Waals surface area contributed by atoms with Gasteiger partial charge in [-0.2, -0.15) is 0 Å². The van der Waals surface area contributed by atoms with Crippen molar-refractivity contribution >= 4 is 10.9 Å². The number of hydrogen-bond acceptors (Lipinski definition) is 5. The van der Waals surface area contributed by atoms with E-state index in [4.69, 9.17) is 14.5 Å². The number of aliphatic hydroxyl groups is 1. The fourth-order valence-electron chi connectivity index (χ4n) is 3.97. The number of aryl methyl sites for hydroxylation is 1. The molecule has 0 amide bonds. The van der Waals surface area contributed by atoms with Crippen molar-refractivity contribution in [2.45, 2.75) is 26.0 Å². The summed E-state index contributed by atoms with van der Waals surface area (Å²) in [7, 11) is 0. The summed E-state index contributed by atoms with van der Waals surface area (Å²) in [5.41, 5.74) is 5.39. The SMILES string of the molecule is Cc1cccc(-c2nc3cc4c(cc3cc2CN2CC[C@@H](O)C2)OCO4)c1. The van der Waals surface area contributed by atoms with Gasteiger partial charge >= 0.3 is 0 Å². The third-order valence-electron chi connectivity index (χ3n) is 5.32. The predicted octanol–water partition coefficient (Wildman–Crippen LogP) is 3.51. The fourth-order valence-corrected chi connectivity index (χ4v) is 3.97. The van der Waals surface area contributed by atoms with E-state index in [2.05, 4.69) is 42.2 Å². The molecule has 1 N–H and O–H groups in total. The van der Waals surface area contributed by atoms with Gasteiger partial charge in [0.05, 0.1) is 17.3 Å². The van der Waals surface area contributed by atoms with Gasteiger partial charge in [-0.3, -0.25) is 4.90 Å². The molecule has 0 radical (unpaired) electrons. The van der Waals surface area contributed by atoms with Gasteiger partial charge in [0.1, 0.15) is 0 Å². The number of likely N-dealkylation sites (tertiary alicyclic amines) is 1. The Kier molecular flexibility index (Phi) is 3.99. The number of ether oxygens (including phenoxy) is 2. The monoisotopic (exact) mass is 362 g/mol. The van der Waals surface area contributed by atoms with Crippen molar-refractivity contribution in [3.63, 3.8) is 0 Å². The van der Waals surface area contributed by atoms with Gasteiger partial charge in [-0.25, -0.2) is 4.98 Å². The van der Waals surface area contributed by atoms with E-state index in [1.807, 2.05) is 12.1 Å². The molecule has 5 rings (SSSR count). The molecule has 2 aliphatic heterocycles. The number of hydrogen-bond donors (Lipinski definition) is 1. The van der Waals surface area contributed by atoms with Crippen molar-refractivity contribution in [1.29, 1.82) is 0 Å². The lowest BCUT2D eigenvalue weighted by Crippen LogP contribution is -2.22. The molecule has 1 atom stereocenters. The zero-order valence-electron chi connectivity index (χ0n) is 15.3. The molecule has 0 aliphatic carbocycles. The number of nitrogens with zero attached hydrogens (tertiary/aromatic N) is 2. The number of β-amino-alcohol motifs (C(OH)–C–C–N with tert-alkyl or cyclic N) is 1. The zero-order chi connectivity index (χ0) is 18.4. The van der Waals surface area contributed by atoms with E-state index >= 15 is 0 Å². The van der Waals surface area contributed by atoms with Gasteiger partial charge in [0, 0.05) is 36.7 Å². The first-order chi connectivity index (χ1) is 13.2. The molecule has 1 fully saturated rings. The molecule has 1 aromatic heterocycles. The maximum atomic E-state index is 9.89. The first-order valence-corrected chi connectivity index (χ1v) is 9.36. The number of fused-ring (bicyclic) bond motifs is 2. The van der Waals surface area contributed by atoms with E-state index in [9.17, 15) is 5.11 Å². The second-order valence-corrected chi connectivity index (χ2v) is 7.44. The third-order valence-corrected chi connectivity index (χ3v) is 5.32. The van der Waals surface area contributed by atoms with Gasteiger partial charge < -0.3 is 14.6 Å². The Bertz CT molecular complexity index is 1020. The highest BCUT2D eigenvalue weighted by Crippen LogP contribution is 2.37. The van der Waals surface area contributed by atoms with Crippen molar-refractivity contribution in [2.75, 3.05) is 19.9 Å². The Morgan fingerprint density at radius 2 is 2.00 bits per heavy atom. The topological polar surface area (TPSA) is 54.8 Å². The van der Waals surface area contributed by atoms with Gasteiger partial charge in [-0.15, -0.1) is 0 Å². The van der Waals surface area contributed by atoms with Crippen LogP contribution in [0.5, 0.6) is 11.5 Å². The Morgan fingerprint density at radius 1 is 1.15 bits per heavy atom. The van der Waals surface area contributed by atoms with E-state index in [-0.39, 0.29) is 12.9 Å². The van der Waals surface area contributed by atoms with Crippen molar-refractivity contribution in [3.05, 3.63) is 53.6 Å². The quantitative estimate of drug-likeness (QED) is 0.773. The molecule has 0 saturated carbocycles. The molecule has 3 heterocycles. The van der Waals surface area contributed by atoms with Crippen LogP contribution in [-0.2, 0) is 6.54 Å². The number of aliphatic hydroxyl groups excluding tert-OH is 1. The van der Waals surface area contributed by atoms with Gasteiger partial charge in [-0.1, -0.05) is 23.8 Å². The summed E-state index contributed by atoms with van der Waals surface area (Å²) in [5.74, 6) is 1.52.